The van der Waals surface area contributed by atoms with Gasteiger partial charge in [0.05, 0.1) is 7.11 Å². The molecule has 0 amide bonds. The van der Waals surface area contributed by atoms with Crippen molar-refractivity contribution in [2.45, 2.75) is 45.4 Å². The average Bonchev–Trinajstić information content (AvgIpc) is 2.87. The predicted octanol–water partition coefficient (Wildman–Crippen LogP) is 3.18. The Bertz CT molecular complexity index is 375. The molecular weight excluding hydrogens is 226 g/mol. The van der Waals surface area contributed by atoms with Crippen LogP contribution < -0.4 is 10.1 Å². The van der Waals surface area contributed by atoms with E-state index < -0.39 is 0 Å². The second-order valence-corrected chi connectivity index (χ2v) is 5.09. The summed E-state index contributed by atoms with van der Waals surface area (Å²) >= 11 is 0. The van der Waals surface area contributed by atoms with Crippen LogP contribution in [-0.2, 0) is 0 Å². The number of nitrogens with one attached hydrogen (secondary N) is 1. The maximum Gasteiger partial charge on any atom is 0.226 e. The summed E-state index contributed by atoms with van der Waals surface area (Å²) in [6, 6.07) is 1.84. The quantitative estimate of drug-likeness (QED) is 0.787. The highest BCUT2D eigenvalue weighted by Crippen LogP contribution is 2.28. The molecule has 1 N–H and O–H groups in total. The molecular formula is C14H23N3O. The van der Waals surface area contributed by atoms with Crippen LogP contribution in [0, 0.1) is 12.8 Å². The highest BCUT2D eigenvalue weighted by molar-refractivity contribution is 5.30. The first kappa shape index (κ1) is 13.1. The van der Waals surface area contributed by atoms with E-state index in [1.165, 1.54) is 38.5 Å². The summed E-state index contributed by atoms with van der Waals surface area (Å²) in [5.74, 6) is 2.26. The maximum absolute atomic E-state index is 5.13. The summed E-state index contributed by atoms with van der Waals surface area (Å²) in [7, 11) is 1.63. The van der Waals surface area contributed by atoms with Gasteiger partial charge < -0.3 is 10.1 Å². The van der Waals surface area contributed by atoms with E-state index in [0.29, 0.717) is 11.8 Å². The van der Waals surface area contributed by atoms with Gasteiger partial charge in [0, 0.05) is 18.3 Å². The molecule has 2 rings (SSSR count). The van der Waals surface area contributed by atoms with Crippen molar-refractivity contribution < 1.29 is 4.74 Å². The summed E-state index contributed by atoms with van der Waals surface area (Å²) in [6.07, 6.45) is 8.23. The summed E-state index contributed by atoms with van der Waals surface area (Å²) in [5.41, 5.74) is 0.931. The Morgan fingerprint density at radius 2 is 2.11 bits per heavy atom. The van der Waals surface area contributed by atoms with E-state index in [4.69, 9.17) is 4.74 Å². The third-order valence-electron chi connectivity index (χ3n) is 3.59. The molecule has 0 spiro atoms. The molecule has 1 aromatic heterocycles. The number of aromatic nitrogens is 2. The Morgan fingerprint density at radius 3 is 2.83 bits per heavy atom. The van der Waals surface area contributed by atoms with Crippen molar-refractivity contribution >= 4 is 5.95 Å². The van der Waals surface area contributed by atoms with E-state index in [0.717, 1.165) is 18.2 Å². The minimum absolute atomic E-state index is 0.626. The Hall–Kier alpha value is -1.32. The van der Waals surface area contributed by atoms with Gasteiger partial charge in [-0.25, -0.2) is 4.98 Å². The molecule has 1 aromatic rings. The van der Waals surface area contributed by atoms with Gasteiger partial charge >= 0.3 is 0 Å². The second-order valence-electron chi connectivity index (χ2n) is 5.09. The molecule has 1 aliphatic rings. The number of anilines is 1. The van der Waals surface area contributed by atoms with E-state index in [1.807, 2.05) is 13.0 Å². The minimum atomic E-state index is 0.626. The van der Waals surface area contributed by atoms with Crippen LogP contribution >= 0.6 is 0 Å². The van der Waals surface area contributed by atoms with Gasteiger partial charge in [-0.2, -0.15) is 4.98 Å². The lowest BCUT2D eigenvalue weighted by Crippen LogP contribution is -2.08. The van der Waals surface area contributed by atoms with Crippen LogP contribution in [0.3, 0.4) is 0 Å². The molecule has 0 aliphatic heterocycles. The van der Waals surface area contributed by atoms with Crippen molar-refractivity contribution in [2.75, 3.05) is 19.0 Å². The van der Waals surface area contributed by atoms with Crippen LogP contribution in [0.4, 0.5) is 5.95 Å². The second kappa shape index (κ2) is 6.57. The largest absolute Gasteiger partial charge is 0.481 e. The number of hydrogen-bond donors (Lipinski definition) is 1. The molecule has 1 saturated carbocycles. The summed E-state index contributed by atoms with van der Waals surface area (Å²) in [5, 5.41) is 3.28. The zero-order valence-electron chi connectivity index (χ0n) is 11.4. The van der Waals surface area contributed by atoms with Crippen LogP contribution in [0.15, 0.2) is 6.07 Å². The van der Waals surface area contributed by atoms with Gasteiger partial charge in [0.1, 0.15) is 0 Å². The Morgan fingerprint density at radius 1 is 1.33 bits per heavy atom. The average molecular weight is 249 g/mol. The summed E-state index contributed by atoms with van der Waals surface area (Å²) < 4.78 is 5.13. The highest BCUT2D eigenvalue weighted by Gasteiger charge is 2.13. The first-order valence-electron chi connectivity index (χ1n) is 6.91. The molecule has 0 aromatic carbocycles. The summed E-state index contributed by atoms with van der Waals surface area (Å²) in [6.45, 7) is 2.90. The maximum atomic E-state index is 5.13. The van der Waals surface area contributed by atoms with Crippen LogP contribution in [0.2, 0.25) is 0 Å². The third-order valence-corrected chi connectivity index (χ3v) is 3.59. The van der Waals surface area contributed by atoms with Crippen LogP contribution in [0.1, 0.15) is 44.2 Å². The number of hydrogen-bond acceptors (Lipinski definition) is 4. The fraction of sp³-hybridized carbons (Fsp3) is 0.714. The van der Waals surface area contributed by atoms with Gasteiger partial charge in [-0.3, -0.25) is 0 Å². The Labute approximate surface area is 109 Å². The molecule has 0 radical (unpaired) electrons. The normalized spacial score (nSPS) is 15.9. The summed E-state index contributed by atoms with van der Waals surface area (Å²) in [4.78, 5) is 8.63. The van der Waals surface area contributed by atoms with Crippen molar-refractivity contribution in [3.8, 4) is 5.88 Å². The SMILES string of the molecule is COc1cc(C)nc(NCCCC2CCCC2)n1. The first-order valence-corrected chi connectivity index (χ1v) is 6.91. The monoisotopic (exact) mass is 249 g/mol. The molecule has 0 unspecified atom stereocenters. The molecule has 1 fully saturated rings. The molecule has 0 atom stereocenters. The topological polar surface area (TPSA) is 47.0 Å². The molecule has 4 heteroatoms. The molecule has 18 heavy (non-hydrogen) atoms. The van der Waals surface area contributed by atoms with Gasteiger partial charge in [0.2, 0.25) is 11.8 Å². The van der Waals surface area contributed by atoms with Gasteiger partial charge in [0.25, 0.3) is 0 Å². The first-order chi connectivity index (χ1) is 8.78. The van der Waals surface area contributed by atoms with Gasteiger partial charge in [-0.05, 0) is 25.7 Å². The number of ether oxygens (including phenoxy) is 1. The van der Waals surface area contributed by atoms with Crippen molar-refractivity contribution in [2.24, 2.45) is 5.92 Å². The fourth-order valence-corrected chi connectivity index (χ4v) is 2.61. The number of methoxy groups -OCH3 is 1. The van der Waals surface area contributed by atoms with E-state index in [1.54, 1.807) is 7.11 Å². The predicted molar refractivity (Wildman–Crippen MR) is 73.0 cm³/mol. The standard InChI is InChI=1S/C14H23N3O/c1-11-10-13(18-2)17-14(16-11)15-9-5-8-12-6-3-4-7-12/h10,12H,3-9H2,1-2H3,(H,15,16,17). The number of rotatable bonds is 6. The Balaban J connectivity index is 1.73. The smallest absolute Gasteiger partial charge is 0.226 e. The molecule has 0 saturated heterocycles. The van der Waals surface area contributed by atoms with Crippen molar-refractivity contribution in [3.05, 3.63) is 11.8 Å². The lowest BCUT2D eigenvalue weighted by molar-refractivity contribution is 0.397. The molecule has 4 nitrogen and oxygen atoms in total. The van der Waals surface area contributed by atoms with E-state index in [-0.39, 0.29) is 0 Å². The zero-order chi connectivity index (χ0) is 12.8. The molecule has 0 bridgehead atoms. The van der Waals surface area contributed by atoms with Crippen LogP contribution in [0.25, 0.3) is 0 Å². The van der Waals surface area contributed by atoms with E-state index in [9.17, 15) is 0 Å². The minimum Gasteiger partial charge on any atom is -0.481 e. The third kappa shape index (κ3) is 3.86. The van der Waals surface area contributed by atoms with Gasteiger partial charge in [-0.15, -0.1) is 0 Å². The lowest BCUT2D eigenvalue weighted by Gasteiger charge is -2.10. The van der Waals surface area contributed by atoms with Gasteiger partial charge in [0.15, 0.2) is 0 Å². The van der Waals surface area contributed by atoms with Gasteiger partial charge in [-0.1, -0.05) is 25.7 Å². The molecule has 1 aliphatic carbocycles. The number of nitrogens with zero attached hydrogens (tertiary/aromatic N) is 2. The van der Waals surface area contributed by atoms with Crippen LogP contribution in [-0.4, -0.2) is 23.6 Å². The Kier molecular flexibility index (Phi) is 4.79. The highest BCUT2D eigenvalue weighted by atomic mass is 16.5. The number of aryl methyl sites for hydroxylation is 1. The lowest BCUT2D eigenvalue weighted by atomic mass is 10.0. The van der Waals surface area contributed by atoms with E-state index >= 15 is 0 Å². The van der Waals surface area contributed by atoms with Crippen LogP contribution in [0.5, 0.6) is 5.88 Å². The van der Waals surface area contributed by atoms with Crippen molar-refractivity contribution in [1.82, 2.24) is 9.97 Å². The van der Waals surface area contributed by atoms with Crippen molar-refractivity contribution in [1.29, 1.82) is 0 Å². The molecule has 100 valence electrons. The molecule has 1 heterocycles. The fourth-order valence-electron chi connectivity index (χ4n) is 2.61. The van der Waals surface area contributed by atoms with E-state index in [2.05, 4.69) is 15.3 Å². The zero-order valence-corrected chi connectivity index (χ0v) is 11.4. The van der Waals surface area contributed by atoms with Crippen molar-refractivity contribution in [3.63, 3.8) is 0 Å².